The molecule has 0 spiro atoms. The van der Waals surface area contributed by atoms with E-state index in [-0.39, 0.29) is 0 Å². The summed E-state index contributed by atoms with van der Waals surface area (Å²) >= 11 is 0. The SMILES string of the molecule is CCCCCCNCCn1nc(CC)nc1CC. The first-order valence-corrected chi connectivity index (χ1v) is 7.45. The second kappa shape index (κ2) is 9.09. The summed E-state index contributed by atoms with van der Waals surface area (Å²) in [6.07, 6.45) is 7.16. The predicted octanol–water partition coefficient (Wildman–Crippen LogP) is 2.57. The van der Waals surface area contributed by atoms with E-state index in [1.165, 1.54) is 25.7 Å². The van der Waals surface area contributed by atoms with Crippen LogP contribution in [0.2, 0.25) is 0 Å². The molecule has 1 heterocycles. The van der Waals surface area contributed by atoms with E-state index in [0.29, 0.717) is 0 Å². The topological polar surface area (TPSA) is 42.7 Å². The Bertz CT molecular complexity index is 320. The Morgan fingerprint density at radius 1 is 1.00 bits per heavy atom. The van der Waals surface area contributed by atoms with Crippen molar-refractivity contribution in [1.82, 2.24) is 20.1 Å². The molecule has 4 heteroatoms. The fourth-order valence-corrected chi connectivity index (χ4v) is 2.00. The standard InChI is InChI=1S/C14H28N4/c1-4-7-8-9-10-15-11-12-18-14(6-3)16-13(5-2)17-18/h15H,4-12H2,1-3H3. The molecular formula is C14H28N4. The van der Waals surface area contributed by atoms with E-state index in [1.54, 1.807) is 0 Å². The van der Waals surface area contributed by atoms with Crippen LogP contribution in [0.1, 0.15) is 58.1 Å². The van der Waals surface area contributed by atoms with Crippen molar-refractivity contribution in [3.05, 3.63) is 11.6 Å². The lowest BCUT2D eigenvalue weighted by Crippen LogP contribution is -2.22. The van der Waals surface area contributed by atoms with Gasteiger partial charge in [-0.05, 0) is 13.0 Å². The number of aromatic nitrogens is 3. The highest BCUT2D eigenvalue weighted by Gasteiger charge is 2.05. The van der Waals surface area contributed by atoms with Crippen LogP contribution < -0.4 is 5.32 Å². The first-order valence-electron chi connectivity index (χ1n) is 7.45. The van der Waals surface area contributed by atoms with Crippen molar-refractivity contribution in [3.8, 4) is 0 Å². The van der Waals surface area contributed by atoms with Crippen LogP contribution in [0.5, 0.6) is 0 Å². The summed E-state index contributed by atoms with van der Waals surface area (Å²) < 4.78 is 2.05. The molecule has 0 atom stereocenters. The molecule has 0 bridgehead atoms. The zero-order valence-corrected chi connectivity index (χ0v) is 12.2. The quantitative estimate of drug-likeness (QED) is 0.651. The minimum Gasteiger partial charge on any atom is -0.315 e. The van der Waals surface area contributed by atoms with Crippen LogP contribution in [0.15, 0.2) is 0 Å². The maximum Gasteiger partial charge on any atom is 0.150 e. The van der Waals surface area contributed by atoms with Gasteiger partial charge in [-0.15, -0.1) is 0 Å². The van der Waals surface area contributed by atoms with Crippen LogP contribution in [0.25, 0.3) is 0 Å². The number of rotatable bonds is 10. The summed E-state index contributed by atoms with van der Waals surface area (Å²) in [6.45, 7) is 9.53. The number of aryl methyl sites for hydroxylation is 2. The zero-order valence-electron chi connectivity index (χ0n) is 12.2. The van der Waals surface area contributed by atoms with Gasteiger partial charge >= 0.3 is 0 Å². The van der Waals surface area contributed by atoms with Gasteiger partial charge < -0.3 is 5.32 Å². The molecule has 0 unspecified atom stereocenters. The summed E-state index contributed by atoms with van der Waals surface area (Å²) in [4.78, 5) is 4.51. The van der Waals surface area contributed by atoms with Crippen LogP contribution in [-0.4, -0.2) is 27.9 Å². The van der Waals surface area contributed by atoms with Gasteiger partial charge in [0.15, 0.2) is 5.82 Å². The lowest BCUT2D eigenvalue weighted by molar-refractivity contribution is 0.519. The number of unbranched alkanes of at least 4 members (excludes halogenated alkanes) is 3. The molecule has 4 nitrogen and oxygen atoms in total. The molecule has 104 valence electrons. The minimum absolute atomic E-state index is 0.921. The predicted molar refractivity (Wildman–Crippen MR) is 75.8 cm³/mol. The van der Waals surface area contributed by atoms with Crippen molar-refractivity contribution in [2.45, 2.75) is 65.8 Å². The van der Waals surface area contributed by atoms with Gasteiger partial charge in [0, 0.05) is 19.4 Å². The number of nitrogens with zero attached hydrogens (tertiary/aromatic N) is 3. The van der Waals surface area contributed by atoms with Gasteiger partial charge in [-0.2, -0.15) is 5.10 Å². The van der Waals surface area contributed by atoms with Gasteiger partial charge in [0.2, 0.25) is 0 Å². The average molecular weight is 252 g/mol. The highest BCUT2D eigenvalue weighted by Crippen LogP contribution is 2.00. The Morgan fingerprint density at radius 3 is 2.50 bits per heavy atom. The van der Waals surface area contributed by atoms with Crippen molar-refractivity contribution in [1.29, 1.82) is 0 Å². The smallest absolute Gasteiger partial charge is 0.150 e. The minimum atomic E-state index is 0.921. The van der Waals surface area contributed by atoms with Crippen LogP contribution in [0.4, 0.5) is 0 Å². The first-order chi connectivity index (χ1) is 8.81. The average Bonchev–Trinajstić information content (AvgIpc) is 2.80. The summed E-state index contributed by atoms with van der Waals surface area (Å²) in [5.41, 5.74) is 0. The maximum absolute atomic E-state index is 4.51. The Balaban J connectivity index is 2.20. The number of hydrogen-bond acceptors (Lipinski definition) is 3. The third kappa shape index (κ3) is 5.17. The van der Waals surface area contributed by atoms with Gasteiger partial charge in [0.05, 0.1) is 6.54 Å². The molecule has 0 aliphatic heterocycles. The number of hydrogen-bond donors (Lipinski definition) is 1. The van der Waals surface area contributed by atoms with E-state index in [2.05, 4.69) is 40.9 Å². The molecule has 1 rings (SSSR count). The maximum atomic E-state index is 4.51. The fourth-order valence-electron chi connectivity index (χ4n) is 2.00. The highest BCUT2D eigenvalue weighted by molar-refractivity contribution is 4.92. The normalized spacial score (nSPS) is 11.1. The zero-order chi connectivity index (χ0) is 13.2. The Morgan fingerprint density at radius 2 is 1.83 bits per heavy atom. The van der Waals surface area contributed by atoms with E-state index in [9.17, 15) is 0 Å². The first kappa shape index (κ1) is 15.2. The second-order valence-electron chi connectivity index (χ2n) is 4.69. The van der Waals surface area contributed by atoms with Gasteiger partial charge in [-0.1, -0.05) is 40.0 Å². The fraction of sp³-hybridized carbons (Fsp3) is 0.857. The molecule has 1 aromatic heterocycles. The second-order valence-corrected chi connectivity index (χ2v) is 4.69. The summed E-state index contributed by atoms with van der Waals surface area (Å²) in [5.74, 6) is 2.08. The third-order valence-corrected chi connectivity index (χ3v) is 3.13. The molecule has 0 aliphatic carbocycles. The Hall–Kier alpha value is -0.900. The van der Waals surface area contributed by atoms with Crippen LogP contribution in [-0.2, 0) is 19.4 Å². The van der Waals surface area contributed by atoms with Crippen LogP contribution in [0, 0.1) is 0 Å². The summed E-state index contributed by atoms with van der Waals surface area (Å²) in [5, 5.41) is 8.00. The third-order valence-electron chi connectivity index (χ3n) is 3.13. The van der Waals surface area contributed by atoms with E-state index in [1.807, 2.05) is 0 Å². The van der Waals surface area contributed by atoms with Gasteiger partial charge in [0.1, 0.15) is 5.82 Å². The van der Waals surface area contributed by atoms with Crippen molar-refractivity contribution in [3.63, 3.8) is 0 Å². The van der Waals surface area contributed by atoms with Gasteiger partial charge in [-0.3, -0.25) is 0 Å². The molecule has 0 aliphatic rings. The molecule has 0 amide bonds. The van der Waals surface area contributed by atoms with Gasteiger partial charge in [0.25, 0.3) is 0 Å². The molecule has 1 aromatic rings. The number of nitrogens with one attached hydrogen (secondary N) is 1. The van der Waals surface area contributed by atoms with Crippen molar-refractivity contribution in [2.75, 3.05) is 13.1 Å². The lowest BCUT2D eigenvalue weighted by Gasteiger charge is -2.06. The highest BCUT2D eigenvalue weighted by atomic mass is 15.3. The molecule has 18 heavy (non-hydrogen) atoms. The summed E-state index contributed by atoms with van der Waals surface area (Å²) in [6, 6.07) is 0. The van der Waals surface area contributed by atoms with Crippen molar-refractivity contribution < 1.29 is 0 Å². The monoisotopic (exact) mass is 252 g/mol. The van der Waals surface area contributed by atoms with E-state index in [4.69, 9.17) is 0 Å². The Kier molecular flexibility index (Phi) is 7.65. The molecule has 0 fully saturated rings. The van der Waals surface area contributed by atoms with Crippen molar-refractivity contribution in [2.24, 2.45) is 0 Å². The van der Waals surface area contributed by atoms with Gasteiger partial charge in [-0.25, -0.2) is 9.67 Å². The van der Waals surface area contributed by atoms with Crippen LogP contribution in [0.3, 0.4) is 0 Å². The van der Waals surface area contributed by atoms with E-state index in [0.717, 1.165) is 44.1 Å². The van der Waals surface area contributed by atoms with E-state index >= 15 is 0 Å². The lowest BCUT2D eigenvalue weighted by atomic mass is 10.2. The summed E-state index contributed by atoms with van der Waals surface area (Å²) in [7, 11) is 0. The molecule has 0 radical (unpaired) electrons. The van der Waals surface area contributed by atoms with Crippen molar-refractivity contribution >= 4 is 0 Å². The largest absolute Gasteiger partial charge is 0.315 e. The van der Waals surface area contributed by atoms with Crippen LogP contribution >= 0.6 is 0 Å². The molecule has 0 aromatic carbocycles. The Labute approximate surface area is 111 Å². The molecule has 0 saturated carbocycles. The molecule has 0 saturated heterocycles. The van der Waals surface area contributed by atoms with E-state index < -0.39 is 0 Å². The molecule has 1 N–H and O–H groups in total. The molecular weight excluding hydrogens is 224 g/mol.